The van der Waals surface area contributed by atoms with E-state index in [0.717, 1.165) is 0 Å². The normalized spacial score (nSPS) is 14.7. The van der Waals surface area contributed by atoms with Crippen LogP contribution in [0, 0.1) is 6.92 Å². The number of hydrogen-bond donors (Lipinski definition) is 2. The van der Waals surface area contributed by atoms with Gasteiger partial charge in [-0.15, -0.1) is 0 Å². The van der Waals surface area contributed by atoms with E-state index < -0.39 is 25.0 Å². The highest BCUT2D eigenvalue weighted by Gasteiger charge is 2.42. The van der Waals surface area contributed by atoms with Crippen LogP contribution < -0.4 is 10.1 Å². The second kappa shape index (κ2) is 8.56. The van der Waals surface area contributed by atoms with Gasteiger partial charge in [-0.2, -0.15) is 8.78 Å². The Morgan fingerprint density at radius 2 is 2.13 bits per heavy atom. The first-order chi connectivity index (χ1) is 14.6. The highest BCUT2D eigenvalue weighted by Crippen LogP contribution is 2.34. The van der Waals surface area contributed by atoms with Crippen molar-refractivity contribution in [2.24, 2.45) is 0 Å². The number of nitrogens with zero attached hydrogens (tertiary/aromatic N) is 2. The number of halogens is 4. The maximum absolute atomic E-state index is 13.2. The molecule has 0 aromatic carbocycles. The molecule has 0 saturated carbocycles. The molecule has 1 aliphatic heterocycles. The molecule has 31 heavy (non-hydrogen) atoms. The van der Waals surface area contributed by atoms with Crippen LogP contribution >= 0.6 is 0 Å². The third kappa shape index (κ3) is 4.35. The lowest BCUT2D eigenvalue weighted by Gasteiger charge is -2.23. The summed E-state index contributed by atoms with van der Waals surface area (Å²) in [7, 11) is 0. The van der Waals surface area contributed by atoms with Gasteiger partial charge in [-0.05, 0) is 32.9 Å². The van der Waals surface area contributed by atoms with Crippen LogP contribution in [-0.2, 0) is 6.54 Å². The lowest BCUT2D eigenvalue weighted by molar-refractivity contribution is -0.148. The van der Waals surface area contributed by atoms with E-state index in [-0.39, 0.29) is 29.9 Å². The van der Waals surface area contributed by atoms with E-state index in [2.05, 4.69) is 15.3 Å². The molecule has 168 valence electrons. The fraction of sp³-hybridized carbons (Fsp3) is 0.450. The molecule has 2 aromatic rings. The zero-order valence-electron chi connectivity index (χ0n) is 17.1. The van der Waals surface area contributed by atoms with Crippen molar-refractivity contribution < 1.29 is 31.9 Å². The largest absolute Gasteiger partial charge is 0.472 e. The number of aromatic nitrogens is 2. The van der Waals surface area contributed by atoms with Gasteiger partial charge in [0.15, 0.2) is 12.5 Å². The summed E-state index contributed by atoms with van der Waals surface area (Å²) in [6.07, 6.45) is -2.45. The van der Waals surface area contributed by atoms with Gasteiger partial charge in [0.2, 0.25) is 0 Å². The SMILES string of the molecule is CCNC(=O)c1nccc2c1CN(C(C)c1cc(C)c(OCC(F)(F)C(F)F)[nH]1)C2=O. The Kier molecular flexibility index (Phi) is 6.23. The third-order valence-electron chi connectivity index (χ3n) is 5.06. The van der Waals surface area contributed by atoms with E-state index in [4.69, 9.17) is 4.74 Å². The molecule has 3 rings (SSSR count). The Bertz CT molecular complexity index is 993. The van der Waals surface area contributed by atoms with E-state index >= 15 is 0 Å². The molecule has 0 fully saturated rings. The van der Waals surface area contributed by atoms with Crippen LogP contribution in [0.4, 0.5) is 17.6 Å². The van der Waals surface area contributed by atoms with Crippen LogP contribution in [0.15, 0.2) is 18.3 Å². The molecule has 0 radical (unpaired) electrons. The smallest absolute Gasteiger partial charge is 0.340 e. The average Bonchev–Trinajstić information content (AvgIpc) is 3.26. The maximum Gasteiger partial charge on any atom is 0.340 e. The molecule has 0 aliphatic carbocycles. The molecule has 2 aromatic heterocycles. The van der Waals surface area contributed by atoms with E-state index in [9.17, 15) is 27.2 Å². The number of carbonyl (C=O) groups is 2. The summed E-state index contributed by atoms with van der Waals surface area (Å²) in [5.74, 6) is -5.04. The van der Waals surface area contributed by atoms with Gasteiger partial charge < -0.3 is 19.9 Å². The van der Waals surface area contributed by atoms with Crippen LogP contribution in [-0.4, -0.2) is 52.2 Å². The Morgan fingerprint density at radius 1 is 1.42 bits per heavy atom. The molecule has 11 heteroatoms. The third-order valence-corrected chi connectivity index (χ3v) is 5.06. The van der Waals surface area contributed by atoms with Crippen molar-refractivity contribution in [1.82, 2.24) is 20.2 Å². The minimum absolute atomic E-state index is 0.0731. The van der Waals surface area contributed by atoms with Crippen LogP contribution in [0.1, 0.15) is 57.6 Å². The average molecular weight is 442 g/mol. The Hall–Kier alpha value is -3.11. The van der Waals surface area contributed by atoms with Crippen LogP contribution in [0.2, 0.25) is 0 Å². The van der Waals surface area contributed by atoms with Gasteiger partial charge in [-0.25, -0.2) is 8.78 Å². The summed E-state index contributed by atoms with van der Waals surface area (Å²) < 4.78 is 55.9. The van der Waals surface area contributed by atoms with E-state index in [1.54, 1.807) is 26.8 Å². The van der Waals surface area contributed by atoms with Crippen molar-refractivity contribution >= 4 is 11.8 Å². The Labute approximate surface area is 175 Å². The standard InChI is InChI=1S/C20H22F4N4O3/c1-4-25-16(29)15-13-8-28(18(30)12(13)5-6-26-15)11(3)14-7-10(2)17(27-14)31-9-20(23,24)19(21)22/h5-7,11,19,27H,4,8-9H2,1-3H3,(H,25,29). The Balaban J connectivity index is 1.79. The second-order valence-electron chi connectivity index (χ2n) is 7.24. The van der Waals surface area contributed by atoms with Crippen LogP contribution in [0.25, 0.3) is 0 Å². The molecular formula is C20H22F4N4O3. The van der Waals surface area contributed by atoms with Crippen LogP contribution in [0.3, 0.4) is 0 Å². The van der Waals surface area contributed by atoms with Crippen molar-refractivity contribution in [3.05, 3.63) is 46.4 Å². The molecular weight excluding hydrogens is 420 g/mol. The predicted molar refractivity (Wildman–Crippen MR) is 103 cm³/mol. The van der Waals surface area contributed by atoms with E-state index in [0.29, 0.717) is 28.9 Å². The van der Waals surface area contributed by atoms with Gasteiger partial charge in [0.25, 0.3) is 11.8 Å². The van der Waals surface area contributed by atoms with Crippen molar-refractivity contribution in [2.45, 2.75) is 45.7 Å². The monoisotopic (exact) mass is 442 g/mol. The summed E-state index contributed by atoms with van der Waals surface area (Å²) in [6, 6.07) is 2.60. The molecule has 2 amide bonds. The van der Waals surface area contributed by atoms with Gasteiger partial charge in [0.05, 0.1) is 6.04 Å². The molecule has 0 spiro atoms. The van der Waals surface area contributed by atoms with Gasteiger partial charge >= 0.3 is 12.3 Å². The van der Waals surface area contributed by atoms with E-state index in [1.807, 2.05) is 0 Å². The number of carbonyl (C=O) groups excluding carboxylic acids is 2. The minimum atomic E-state index is -4.28. The highest BCUT2D eigenvalue weighted by atomic mass is 19.3. The number of nitrogens with one attached hydrogen (secondary N) is 2. The molecule has 0 bridgehead atoms. The fourth-order valence-electron chi connectivity index (χ4n) is 3.34. The molecule has 3 heterocycles. The number of fused-ring (bicyclic) bond motifs is 1. The predicted octanol–water partition coefficient (Wildman–Crippen LogP) is 3.46. The lowest BCUT2D eigenvalue weighted by Crippen LogP contribution is -2.34. The second-order valence-corrected chi connectivity index (χ2v) is 7.24. The maximum atomic E-state index is 13.2. The first-order valence-corrected chi connectivity index (χ1v) is 9.62. The molecule has 1 aliphatic rings. The van der Waals surface area contributed by atoms with Crippen molar-refractivity contribution in [1.29, 1.82) is 0 Å². The zero-order valence-corrected chi connectivity index (χ0v) is 17.1. The van der Waals surface area contributed by atoms with Gasteiger partial charge in [-0.1, -0.05) is 0 Å². The number of rotatable bonds is 8. The summed E-state index contributed by atoms with van der Waals surface area (Å²) in [5.41, 5.74) is 1.94. The van der Waals surface area contributed by atoms with Gasteiger partial charge in [0.1, 0.15) is 5.69 Å². The molecule has 2 N–H and O–H groups in total. The molecule has 1 unspecified atom stereocenters. The quantitative estimate of drug-likeness (QED) is 0.613. The number of amides is 2. The number of aryl methyl sites for hydroxylation is 1. The van der Waals surface area contributed by atoms with Gasteiger partial charge in [-0.3, -0.25) is 14.6 Å². The number of pyridine rings is 1. The Morgan fingerprint density at radius 3 is 2.77 bits per heavy atom. The number of ether oxygens (including phenoxy) is 1. The minimum Gasteiger partial charge on any atom is -0.472 e. The van der Waals surface area contributed by atoms with Gasteiger partial charge in [0, 0.05) is 41.7 Å². The molecule has 1 atom stereocenters. The van der Waals surface area contributed by atoms with Crippen molar-refractivity contribution in [3.8, 4) is 5.88 Å². The molecule has 0 saturated heterocycles. The number of aromatic amines is 1. The highest BCUT2D eigenvalue weighted by molar-refractivity contribution is 6.03. The topological polar surface area (TPSA) is 87.3 Å². The van der Waals surface area contributed by atoms with Crippen molar-refractivity contribution in [3.63, 3.8) is 0 Å². The van der Waals surface area contributed by atoms with E-state index in [1.165, 1.54) is 17.2 Å². The number of hydrogen-bond acceptors (Lipinski definition) is 4. The number of H-pyrrole nitrogens is 1. The number of alkyl halides is 4. The molecule has 7 nitrogen and oxygen atoms in total. The lowest BCUT2D eigenvalue weighted by atomic mass is 10.1. The summed E-state index contributed by atoms with van der Waals surface area (Å²) in [5, 5.41) is 2.66. The zero-order chi connectivity index (χ0) is 22.9. The van der Waals surface area contributed by atoms with Crippen LogP contribution in [0.5, 0.6) is 5.88 Å². The fourth-order valence-corrected chi connectivity index (χ4v) is 3.34. The summed E-state index contributed by atoms with van der Waals surface area (Å²) in [6.45, 7) is 4.12. The van der Waals surface area contributed by atoms with Crippen molar-refractivity contribution in [2.75, 3.05) is 13.2 Å². The first kappa shape index (κ1) is 22.6. The summed E-state index contributed by atoms with van der Waals surface area (Å²) in [4.78, 5) is 33.6. The first-order valence-electron chi connectivity index (χ1n) is 9.62. The summed E-state index contributed by atoms with van der Waals surface area (Å²) >= 11 is 0.